The molecule has 1 saturated heterocycles. The molecule has 1 unspecified atom stereocenters. The number of rotatable bonds is 5. The van der Waals surface area contributed by atoms with E-state index in [2.05, 4.69) is 5.32 Å². The third kappa shape index (κ3) is 4.68. The molecular formula is C15H28N4O2. The number of carbonyl (C=O) groups is 2. The molecule has 6 nitrogen and oxygen atoms in total. The van der Waals surface area contributed by atoms with Gasteiger partial charge in [-0.25, -0.2) is 0 Å². The number of amides is 2. The van der Waals surface area contributed by atoms with Gasteiger partial charge in [0, 0.05) is 38.1 Å². The zero-order chi connectivity index (χ0) is 15.4. The van der Waals surface area contributed by atoms with Gasteiger partial charge in [0.1, 0.15) is 0 Å². The fraction of sp³-hybridized carbons (Fsp3) is 0.867. The van der Waals surface area contributed by atoms with E-state index in [1.54, 1.807) is 4.90 Å². The minimum atomic E-state index is -0.185. The number of nitrogens with zero attached hydrogens (tertiary/aromatic N) is 2. The molecule has 0 radical (unpaired) electrons. The Balaban J connectivity index is 1.77. The maximum atomic E-state index is 12.3. The van der Waals surface area contributed by atoms with E-state index in [0.717, 1.165) is 32.2 Å². The summed E-state index contributed by atoms with van der Waals surface area (Å²) in [5.74, 6) is -0.0471. The molecule has 3 N–H and O–H groups in total. The zero-order valence-corrected chi connectivity index (χ0v) is 13.2. The van der Waals surface area contributed by atoms with Gasteiger partial charge in [-0.3, -0.25) is 9.59 Å². The van der Waals surface area contributed by atoms with Gasteiger partial charge in [-0.2, -0.15) is 0 Å². The van der Waals surface area contributed by atoms with Gasteiger partial charge in [0.15, 0.2) is 0 Å². The number of likely N-dealkylation sites (N-methyl/N-ethyl adjacent to an activating group) is 1. The largest absolute Gasteiger partial charge is 0.353 e. The van der Waals surface area contributed by atoms with Crippen LogP contribution in [0, 0.1) is 5.92 Å². The molecule has 2 rings (SSSR count). The predicted octanol–water partition coefficient (Wildman–Crippen LogP) is -0.217. The lowest BCUT2D eigenvalue weighted by Gasteiger charge is -2.27. The Bertz CT molecular complexity index is 378. The van der Waals surface area contributed by atoms with Crippen LogP contribution < -0.4 is 11.1 Å². The fourth-order valence-electron chi connectivity index (χ4n) is 3.07. The normalized spacial score (nSPS) is 30.0. The molecule has 0 aromatic rings. The molecule has 2 aliphatic rings. The molecule has 0 aromatic heterocycles. The molecular weight excluding hydrogens is 268 g/mol. The van der Waals surface area contributed by atoms with Gasteiger partial charge in [0.05, 0.1) is 5.92 Å². The van der Waals surface area contributed by atoms with Crippen molar-refractivity contribution < 1.29 is 9.59 Å². The second-order valence-corrected chi connectivity index (χ2v) is 6.66. The molecule has 1 atom stereocenters. The van der Waals surface area contributed by atoms with Gasteiger partial charge < -0.3 is 20.9 Å². The number of likely N-dealkylation sites (tertiary alicyclic amines) is 1. The predicted molar refractivity (Wildman–Crippen MR) is 81.6 cm³/mol. The Morgan fingerprint density at radius 2 is 2.00 bits per heavy atom. The lowest BCUT2D eigenvalue weighted by Crippen LogP contribution is -2.43. The molecule has 120 valence electrons. The summed E-state index contributed by atoms with van der Waals surface area (Å²) in [6.45, 7) is 2.10. The monoisotopic (exact) mass is 296 g/mol. The average molecular weight is 296 g/mol. The third-order valence-electron chi connectivity index (χ3n) is 4.52. The molecule has 0 spiro atoms. The van der Waals surface area contributed by atoms with Gasteiger partial charge in [-0.05, 0) is 39.8 Å². The van der Waals surface area contributed by atoms with Crippen LogP contribution in [0.1, 0.15) is 32.1 Å². The van der Waals surface area contributed by atoms with Crippen LogP contribution in [-0.2, 0) is 9.59 Å². The van der Waals surface area contributed by atoms with Gasteiger partial charge in [-0.1, -0.05) is 0 Å². The SMILES string of the molecule is CN(C)CCN1CC(C(=O)NC2CCC(N)CC2)CC1=O. The van der Waals surface area contributed by atoms with Crippen LogP contribution >= 0.6 is 0 Å². The summed E-state index contributed by atoms with van der Waals surface area (Å²) < 4.78 is 0. The highest BCUT2D eigenvalue weighted by molar-refractivity contribution is 5.89. The van der Waals surface area contributed by atoms with Crippen LogP contribution in [-0.4, -0.2) is 67.4 Å². The van der Waals surface area contributed by atoms with Crippen LogP contribution in [0.5, 0.6) is 0 Å². The quantitative estimate of drug-likeness (QED) is 0.735. The molecule has 2 fully saturated rings. The van der Waals surface area contributed by atoms with Crippen molar-refractivity contribution >= 4 is 11.8 Å². The second-order valence-electron chi connectivity index (χ2n) is 6.66. The van der Waals surface area contributed by atoms with Crippen molar-refractivity contribution in [2.24, 2.45) is 11.7 Å². The number of hydrogen-bond donors (Lipinski definition) is 2. The molecule has 21 heavy (non-hydrogen) atoms. The van der Waals surface area contributed by atoms with Gasteiger partial charge >= 0.3 is 0 Å². The van der Waals surface area contributed by atoms with Gasteiger partial charge in [-0.15, -0.1) is 0 Å². The minimum absolute atomic E-state index is 0.0381. The Kier molecular flexibility index (Phi) is 5.58. The van der Waals surface area contributed by atoms with E-state index < -0.39 is 0 Å². The van der Waals surface area contributed by atoms with Crippen LogP contribution in [0.25, 0.3) is 0 Å². The highest BCUT2D eigenvalue weighted by Crippen LogP contribution is 2.21. The maximum absolute atomic E-state index is 12.3. The Labute approximate surface area is 127 Å². The van der Waals surface area contributed by atoms with E-state index >= 15 is 0 Å². The molecule has 1 aliphatic carbocycles. The summed E-state index contributed by atoms with van der Waals surface area (Å²) in [6, 6.07) is 0.524. The van der Waals surface area contributed by atoms with E-state index in [9.17, 15) is 9.59 Å². The summed E-state index contributed by atoms with van der Waals surface area (Å²) in [4.78, 5) is 28.1. The van der Waals surface area contributed by atoms with Crippen molar-refractivity contribution in [2.45, 2.75) is 44.2 Å². The molecule has 6 heteroatoms. The highest BCUT2D eigenvalue weighted by Gasteiger charge is 2.35. The van der Waals surface area contributed by atoms with E-state index in [0.29, 0.717) is 19.5 Å². The first-order valence-electron chi connectivity index (χ1n) is 7.94. The number of nitrogens with one attached hydrogen (secondary N) is 1. The summed E-state index contributed by atoms with van der Waals surface area (Å²) in [7, 11) is 3.97. The van der Waals surface area contributed by atoms with E-state index in [4.69, 9.17) is 5.73 Å². The number of nitrogens with two attached hydrogens (primary N) is 1. The minimum Gasteiger partial charge on any atom is -0.353 e. The van der Waals surface area contributed by atoms with Gasteiger partial charge in [0.2, 0.25) is 11.8 Å². The van der Waals surface area contributed by atoms with Crippen LogP contribution in [0.15, 0.2) is 0 Å². The van der Waals surface area contributed by atoms with Crippen LogP contribution in [0.3, 0.4) is 0 Å². The summed E-state index contributed by atoms with van der Waals surface area (Å²) in [5, 5.41) is 3.10. The van der Waals surface area contributed by atoms with E-state index in [1.165, 1.54) is 0 Å². The first kappa shape index (κ1) is 16.2. The summed E-state index contributed by atoms with van der Waals surface area (Å²) in [6.07, 6.45) is 4.22. The van der Waals surface area contributed by atoms with Crippen LogP contribution in [0.2, 0.25) is 0 Å². The Morgan fingerprint density at radius 3 is 2.62 bits per heavy atom. The second kappa shape index (κ2) is 7.22. The fourth-order valence-corrected chi connectivity index (χ4v) is 3.07. The molecule has 1 aliphatic heterocycles. The molecule has 1 heterocycles. The lowest BCUT2D eigenvalue weighted by atomic mass is 9.91. The Morgan fingerprint density at radius 1 is 1.33 bits per heavy atom. The average Bonchev–Trinajstić information content (AvgIpc) is 2.80. The molecule has 1 saturated carbocycles. The Hall–Kier alpha value is -1.14. The first-order chi connectivity index (χ1) is 9.95. The number of hydrogen-bond acceptors (Lipinski definition) is 4. The number of carbonyl (C=O) groups excluding carboxylic acids is 2. The lowest BCUT2D eigenvalue weighted by molar-refractivity contribution is -0.129. The first-order valence-corrected chi connectivity index (χ1v) is 7.94. The molecule has 2 amide bonds. The van der Waals surface area contributed by atoms with Crippen LogP contribution in [0.4, 0.5) is 0 Å². The topological polar surface area (TPSA) is 78.7 Å². The highest BCUT2D eigenvalue weighted by atomic mass is 16.2. The van der Waals surface area contributed by atoms with Crippen molar-refractivity contribution in [3.8, 4) is 0 Å². The van der Waals surface area contributed by atoms with Crippen molar-refractivity contribution in [1.82, 2.24) is 15.1 Å². The van der Waals surface area contributed by atoms with E-state index in [-0.39, 0.29) is 29.8 Å². The molecule has 0 aromatic carbocycles. The maximum Gasteiger partial charge on any atom is 0.225 e. The van der Waals surface area contributed by atoms with E-state index in [1.807, 2.05) is 19.0 Å². The van der Waals surface area contributed by atoms with Crippen molar-refractivity contribution in [2.75, 3.05) is 33.7 Å². The molecule has 0 bridgehead atoms. The third-order valence-corrected chi connectivity index (χ3v) is 4.52. The van der Waals surface area contributed by atoms with Crippen molar-refractivity contribution in [3.05, 3.63) is 0 Å². The zero-order valence-electron chi connectivity index (χ0n) is 13.2. The standard InChI is InChI=1S/C15H28N4O2/c1-18(2)7-8-19-10-11(9-14(19)20)15(21)17-13-5-3-12(16)4-6-13/h11-13H,3-10,16H2,1-2H3,(H,17,21). The van der Waals surface area contributed by atoms with Crippen molar-refractivity contribution in [1.29, 1.82) is 0 Å². The van der Waals surface area contributed by atoms with Crippen molar-refractivity contribution in [3.63, 3.8) is 0 Å². The summed E-state index contributed by atoms with van der Waals surface area (Å²) >= 11 is 0. The smallest absolute Gasteiger partial charge is 0.225 e. The summed E-state index contributed by atoms with van der Waals surface area (Å²) in [5.41, 5.74) is 5.88. The van der Waals surface area contributed by atoms with Gasteiger partial charge in [0.25, 0.3) is 0 Å².